The average Bonchev–Trinajstić information content (AvgIpc) is 2.99. The lowest BCUT2D eigenvalue weighted by molar-refractivity contribution is -0.120. The van der Waals surface area contributed by atoms with Crippen molar-refractivity contribution < 1.29 is 14.3 Å². The Kier molecular flexibility index (Phi) is 5.86. The molecule has 31 heavy (non-hydrogen) atoms. The maximum atomic E-state index is 13.7. The second-order valence-corrected chi connectivity index (χ2v) is 8.76. The van der Waals surface area contributed by atoms with Crippen LogP contribution < -0.4 is 9.64 Å². The van der Waals surface area contributed by atoms with Crippen LogP contribution in [0.4, 0.5) is 5.69 Å². The fourth-order valence-electron chi connectivity index (χ4n) is 4.83. The number of likely N-dealkylation sites (tertiary alicyclic amines) is 1. The minimum absolute atomic E-state index is 0.232. The van der Waals surface area contributed by atoms with Gasteiger partial charge in [0.2, 0.25) is 0 Å². The molecule has 5 nitrogen and oxygen atoms in total. The molecular formula is C26H30N2O3. The molecule has 0 N–H and O–H groups in total. The quantitative estimate of drug-likeness (QED) is 0.663. The molecule has 1 saturated heterocycles. The zero-order valence-electron chi connectivity index (χ0n) is 18.7. The van der Waals surface area contributed by atoms with Gasteiger partial charge in [-0.3, -0.25) is 9.59 Å². The van der Waals surface area contributed by atoms with Crippen molar-refractivity contribution in [1.29, 1.82) is 0 Å². The van der Waals surface area contributed by atoms with Gasteiger partial charge in [0.25, 0.3) is 11.8 Å². The number of carbonyl (C=O) groups excluding carboxylic acids is 2. The van der Waals surface area contributed by atoms with Crippen molar-refractivity contribution in [2.45, 2.75) is 34.1 Å². The number of ether oxygens (including phenoxy) is 1. The number of para-hydroxylation sites is 1. The second-order valence-electron chi connectivity index (χ2n) is 8.76. The van der Waals surface area contributed by atoms with Gasteiger partial charge in [0, 0.05) is 13.1 Å². The summed E-state index contributed by atoms with van der Waals surface area (Å²) in [4.78, 5) is 30.9. The van der Waals surface area contributed by atoms with E-state index in [0.29, 0.717) is 35.4 Å². The van der Waals surface area contributed by atoms with E-state index in [-0.39, 0.29) is 11.8 Å². The number of anilines is 1. The number of hydrogen-bond acceptors (Lipinski definition) is 4. The molecule has 2 unspecified atom stereocenters. The van der Waals surface area contributed by atoms with E-state index in [1.165, 1.54) is 4.90 Å². The van der Waals surface area contributed by atoms with E-state index in [0.717, 1.165) is 36.4 Å². The second kappa shape index (κ2) is 8.58. The summed E-state index contributed by atoms with van der Waals surface area (Å²) < 4.78 is 5.56. The lowest BCUT2D eigenvalue weighted by Crippen LogP contribution is -2.42. The molecule has 162 valence electrons. The molecule has 4 rings (SSSR count). The van der Waals surface area contributed by atoms with E-state index < -0.39 is 0 Å². The van der Waals surface area contributed by atoms with Crippen LogP contribution in [0.3, 0.4) is 0 Å². The van der Waals surface area contributed by atoms with E-state index in [4.69, 9.17) is 4.74 Å². The van der Waals surface area contributed by atoms with E-state index in [1.54, 1.807) is 0 Å². The van der Waals surface area contributed by atoms with Gasteiger partial charge in [-0.2, -0.15) is 0 Å². The van der Waals surface area contributed by atoms with Gasteiger partial charge < -0.3 is 9.64 Å². The van der Waals surface area contributed by atoms with E-state index >= 15 is 0 Å². The smallest absolute Gasteiger partial charge is 0.282 e. The molecule has 2 amide bonds. The summed E-state index contributed by atoms with van der Waals surface area (Å²) in [6.07, 6.45) is 1.13. The van der Waals surface area contributed by atoms with Crippen LogP contribution in [0.5, 0.6) is 5.75 Å². The molecule has 1 fully saturated rings. The molecule has 0 radical (unpaired) electrons. The first kappa shape index (κ1) is 21.2. The largest absolute Gasteiger partial charge is 0.494 e. The molecule has 2 atom stereocenters. The molecule has 5 heteroatoms. The lowest BCUT2D eigenvalue weighted by Gasteiger charge is -2.37. The molecule has 0 spiro atoms. The Hall–Kier alpha value is -3.08. The van der Waals surface area contributed by atoms with Crippen LogP contribution in [-0.4, -0.2) is 36.4 Å². The van der Waals surface area contributed by atoms with Gasteiger partial charge in [-0.1, -0.05) is 44.2 Å². The number of aryl methyl sites for hydroxylation is 1. The zero-order chi connectivity index (χ0) is 22.1. The van der Waals surface area contributed by atoms with Crippen molar-refractivity contribution in [3.8, 4) is 5.75 Å². The highest BCUT2D eigenvalue weighted by molar-refractivity contribution is 6.45. The molecule has 0 saturated carbocycles. The number of imide groups is 1. The van der Waals surface area contributed by atoms with E-state index in [9.17, 15) is 9.59 Å². The third-order valence-corrected chi connectivity index (χ3v) is 6.05. The number of benzene rings is 2. The maximum Gasteiger partial charge on any atom is 0.282 e. The Bertz CT molecular complexity index is 1020. The molecule has 0 bridgehead atoms. The van der Waals surface area contributed by atoms with Gasteiger partial charge in [-0.15, -0.1) is 0 Å². The van der Waals surface area contributed by atoms with Crippen molar-refractivity contribution in [2.75, 3.05) is 24.6 Å². The van der Waals surface area contributed by atoms with Crippen LogP contribution in [-0.2, 0) is 9.59 Å². The highest BCUT2D eigenvalue weighted by Crippen LogP contribution is 2.38. The Balaban J connectivity index is 1.82. The van der Waals surface area contributed by atoms with Gasteiger partial charge in [0.15, 0.2) is 0 Å². The first-order valence-corrected chi connectivity index (χ1v) is 11.1. The van der Waals surface area contributed by atoms with Crippen molar-refractivity contribution in [1.82, 2.24) is 4.90 Å². The monoisotopic (exact) mass is 418 g/mol. The summed E-state index contributed by atoms with van der Waals surface area (Å²) in [7, 11) is 0. The number of hydrogen-bond donors (Lipinski definition) is 0. The lowest BCUT2D eigenvalue weighted by atomic mass is 9.91. The van der Waals surface area contributed by atoms with Crippen LogP contribution in [0.25, 0.3) is 5.57 Å². The molecule has 2 heterocycles. The highest BCUT2D eigenvalue weighted by atomic mass is 16.5. The topological polar surface area (TPSA) is 49.9 Å². The Morgan fingerprint density at radius 3 is 2.19 bits per heavy atom. The van der Waals surface area contributed by atoms with Gasteiger partial charge in [0.1, 0.15) is 11.4 Å². The van der Waals surface area contributed by atoms with Gasteiger partial charge in [0.05, 0.1) is 17.9 Å². The van der Waals surface area contributed by atoms with Crippen molar-refractivity contribution >= 4 is 23.1 Å². The van der Waals surface area contributed by atoms with E-state index in [2.05, 4.69) is 18.7 Å². The predicted octanol–water partition coefficient (Wildman–Crippen LogP) is 4.66. The van der Waals surface area contributed by atoms with Crippen molar-refractivity contribution in [2.24, 2.45) is 11.8 Å². The SMILES string of the molecule is CCOc1ccc(C2=C(N3CC(C)CC(C)C3)C(=O)N(c3ccccc3C)C2=O)cc1. The van der Waals surface area contributed by atoms with Crippen molar-refractivity contribution in [3.63, 3.8) is 0 Å². The Labute approximate surface area is 184 Å². The number of piperidine rings is 1. The highest BCUT2D eigenvalue weighted by Gasteiger charge is 2.44. The molecule has 0 aliphatic carbocycles. The van der Waals surface area contributed by atoms with Gasteiger partial charge >= 0.3 is 0 Å². The van der Waals surface area contributed by atoms with Crippen LogP contribution in [0.1, 0.15) is 38.3 Å². The Morgan fingerprint density at radius 1 is 0.935 bits per heavy atom. The zero-order valence-corrected chi connectivity index (χ0v) is 18.7. The number of amides is 2. The number of carbonyl (C=O) groups is 2. The molecule has 2 aromatic carbocycles. The first-order chi connectivity index (χ1) is 14.9. The normalized spacial score (nSPS) is 21.8. The predicted molar refractivity (Wildman–Crippen MR) is 123 cm³/mol. The minimum atomic E-state index is -0.260. The fourth-order valence-corrected chi connectivity index (χ4v) is 4.83. The third kappa shape index (κ3) is 3.97. The van der Waals surface area contributed by atoms with Crippen molar-refractivity contribution in [3.05, 3.63) is 65.4 Å². The van der Waals surface area contributed by atoms with E-state index in [1.807, 2.05) is 62.4 Å². The molecule has 0 aromatic heterocycles. The Morgan fingerprint density at radius 2 is 1.58 bits per heavy atom. The van der Waals surface area contributed by atoms with Crippen LogP contribution >= 0.6 is 0 Å². The molecular weight excluding hydrogens is 388 g/mol. The summed E-state index contributed by atoms with van der Waals surface area (Å²) in [5.74, 6) is 1.19. The fraction of sp³-hybridized carbons (Fsp3) is 0.385. The summed E-state index contributed by atoms with van der Waals surface area (Å²) in [5, 5.41) is 0. The maximum absolute atomic E-state index is 13.7. The number of rotatable bonds is 5. The van der Waals surface area contributed by atoms with Crippen LogP contribution in [0.2, 0.25) is 0 Å². The summed E-state index contributed by atoms with van der Waals surface area (Å²) in [5.41, 5.74) is 3.30. The molecule has 2 aromatic rings. The third-order valence-electron chi connectivity index (χ3n) is 6.05. The molecule has 2 aliphatic rings. The van der Waals surface area contributed by atoms with Crippen LogP contribution in [0.15, 0.2) is 54.2 Å². The average molecular weight is 419 g/mol. The minimum Gasteiger partial charge on any atom is -0.494 e. The van der Waals surface area contributed by atoms with Gasteiger partial charge in [-0.05, 0) is 61.4 Å². The number of nitrogens with zero attached hydrogens (tertiary/aromatic N) is 2. The molecule has 2 aliphatic heterocycles. The summed E-state index contributed by atoms with van der Waals surface area (Å²) in [6.45, 7) is 10.4. The summed E-state index contributed by atoms with van der Waals surface area (Å²) >= 11 is 0. The standard InChI is InChI=1S/C26H30N2O3/c1-5-31-21-12-10-20(11-13-21)23-24(27-15-17(2)14-18(3)16-27)26(30)28(25(23)29)22-9-7-6-8-19(22)4/h6-13,17-18H,5,14-16H2,1-4H3. The van der Waals surface area contributed by atoms with Crippen LogP contribution in [0, 0.1) is 18.8 Å². The summed E-state index contributed by atoms with van der Waals surface area (Å²) in [6, 6.07) is 15.0. The first-order valence-electron chi connectivity index (χ1n) is 11.1. The van der Waals surface area contributed by atoms with Gasteiger partial charge in [-0.25, -0.2) is 4.90 Å².